The highest BCUT2D eigenvalue weighted by atomic mass is 32.1. The van der Waals surface area contributed by atoms with Crippen molar-refractivity contribution in [3.05, 3.63) is 23.9 Å². The Labute approximate surface area is 113 Å². The number of thiol groups is 1. The molecule has 0 aliphatic heterocycles. The maximum atomic E-state index is 11.5. The Morgan fingerprint density at radius 3 is 2.83 bits per heavy atom. The zero-order valence-corrected chi connectivity index (χ0v) is 11.7. The molecule has 6 heteroatoms. The zero-order valence-electron chi connectivity index (χ0n) is 10.8. The van der Waals surface area contributed by atoms with E-state index < -0.39 is 11.7 Å². The van der Waals surface area contributed by atoms with E-state index in [-0.39, 0.29) is 5.37 Å². The molecule has 0 radical (unpaired) electrons. The molecule has 18 heavy (non-hydrogen) atoms. The van der Waals surface area contributed by atoms with Gasteiger partial charge in [-0.2, -0.15) is 12.6 Å². The molecule has 100 valence electrons. The van der Waals surface area contributed by atoms with Gasteiger partial charge in [-0.1, -0.05) is 0 Å². The first-order valence-corrected chi connectivity index (χ1v) is 6.16. The smallest absolute Gasteiger partial charge is 0.413 e. The molecule has 1 amide bonds. The maximum Gasteiger partial charge on any atom is 0.413 e. The van der Waals surface area contributed by atoms with Crippen LogP contribution in [0.25, 0.3) is 0 Å². The number of nitrogens with one attached hydrogen (secondary N) is 1. The molecular formula is C12H19N3O2S. The number of nitrogens with zero attached hydrogens (tertiary/aromatic N) is 1. The highest BCUT2D eigenvalue weighted by Crippen LogP contribution is 2.12. The Bertz CT molecular complexity index is 416. The Hall–Kier alpha value is -1.27. The minimum atomic E-state index is -0.533. The Morgan fingerprint density at radius 2 is 2.28 bits per heavy atom. The van der Waals surface area contributed by atoms with E-state index in [9.17, 15) is 4.79 Å². The number of carbonyl (C=O) groups excluding carboxylic acids is 1. The number of hydrogen-bond acceptors (Lipinski definition) is 5. The minimum Gasteiger partial charge on any atom is -0.444 e. The predicted octanol–water partition coefficient (Wildman–Crippen LogP) is 2.19. The van der Waals surface area contributed by atoms with Gasteiger partial charge in [0.15, 0.2) is 0 Å². The van der Waals surface area contributed by atoms with Gasteiger partial charge in [-0.3, -0.25) is 5.32 Å². The van der Waals surface area contributed by atoms with Crippen molar-refractivity contribution in [2.24, 2.45) is 5.73 Å². The number of pyridine rings is 1. The third kappa shape index (κ3) is 5.88. The van der Waals surface area contributed by atoms with Crippen LogP contribution in [-0.4, -0.2) is 22.1 Å². The second kappa shape index (κ2) is 6.06. The number of rotatable bonds is 3. The number of carbonyl (C=O) groups is 1. The van der Waals surface area contributed by atoms with Gasteiger partial charge in [0.1, 0.15) is 11.4 Å². The lowest BCUT2D eigenvalue weighted by Gasteiger charge is -2.19. The van der Waals surface area contributed by atoms with Gasteiger partial charge in [0.05, 0.1) is 5.37 Å². The van der Waals surface area contributed by atoms with Crippen LogP contribution >= 0.6 is 12.6 Å². The standard InChI is InChI=1S/C12H19N3O2S/c1-12(2,3)17-11(16)15-10-7-8(4-5-14-10)6-9(13)18/h4-5,7,9,18H,6,13H2,1-3H3,(H,14,15,16). The number of aromatic nitrogens is 1. The van der Waals surface area contributed by atoms with Gasteiger partial charge in [-0.05, 0) is 44.9 Å². The first-order chi connectivity index (χ1) is 8.26. The summed E-state index contributed by atoms with van der Waals surface area (Å²) in [6.45, 7) is 5.41. The number of amides is 1. The fourth-order valence-corrected chi connectivity index (χ4v) is 1.53. The summed E-state index contributed by atoms with van der Waals surface area (Å²) in [6.07, 6.45) is 1.69. The molecular weight excluding hydrogens is 250 g/mol. The molecule has 1 aromatic rings. The van der Waals surface area contributed by atoms with Crippen LogP contribution in [0, 0.1) is 0 Å². The number of hydrogen-bond donors (Lipinski definition) is 3. The quantitative estimate of drug-likeness (QED) is 0.580. The number of anilines is 1. The van der Waals surface area contributed by atoms with Crippen molar-refractivity contribution >= 4 is 24.5 Å². The topological polar surface area (TPSA) is 77.2 Å². The summed E-state index contributed by atoms with van der Waals surface area (Å²) >= 11 is 4.12. The Morgan fingerprint density at radius 1 is 1.61 bits per heavy atom. The van der Waals surface area contributed by atoms with Gasteiger partial charge in [-0.25, -0.2) is 9.78 Å². The Kier molecular flexibility index (Phi) is 4.98. The first-order valence-electron chi connectivity index (χ1n) is 5.65. The summed E-state index contributed by atoms with van der Waals surface area (Å²) in [5.41, 5.74) is 6.02. The van der Waals surface area contributed by atoms with Gasteiger partial charge < -0.3 is 10.5 Å². The molecule has 0 aromatic carbocycles. The van der Waals surface area contributed by atoms with Crippen molar-refractivity contribution in [2.45, 2.75) is 38.2 Å². The van der Waals surface area contributed by atoms with Crippen molar-refractivity contribution in [1.82, 2.24) is 4.98 Å². The van der Waals surface area contributed by atoms with E-state index in [1.54, 1.807) is 33.0 Å². The fraction of sp³-hybridized carbons (Fsp3) is 0.500. The summed E-state index contributed by atoms with van der Waals surface area (Å²) < 4.78 is 5.13. The molecule has 0 fully saturated rings. The van der Waals surface area contributed by atoms with Crippen molar-refractivity contribution in [2.75, 3.05) is 5.32 Å². The molecule has 1 rings (SSSR count). The van der Waals surface area contributed by atoms with Crippen LogP contribution < -0.4 is 11.1 Å². The monoisotopic (exact) mass is 269 g/mol. The van der Waals surface area contributed by atoms with Gasteiger partial charge in [0.25, 0.3) is 0 Å². The minimum absolute atomic E-state index is 0.234. The lowest BCUT2D eigenvalue weighted by molar-refractivity contribution is 0.0635. The lowest BCUT2D eigenvalue weighted by atomic mass is 10.2. The van der Waals surface area contributed by atoms with E-state index >= 15 is 0 Å². The van der Waals surface area contributed by atoms with E-state index in [4.69, 9.17) is 10.5 Å². The van der Waals surface area contributed by atoms with Crippen molar-refractivity contribution in [3.8, 4) is 0 Å². The van der Waals surface area contributed by atoms with E-state index in [0.29, 0.717) is 12.2 Å². The molecule has 1 unspecified atom stereocenters. The summed E-state index contributed by atoms with van der Waals surface area (Å²) in [6, 6.07) is 3.58. The van der Waals surface area contributed by atoms with Gasteiger partial charge in [-0.15, -0.1) is 0 Å². The summed E-state index contributed by atoms with van der Waals surface area (Å²) in [7, 11) is 0. The van der Waals surface area contributed by atoms with Crippen molar-refractivity contribution in [3.63, 3.8) is 0 Å². The molecule has 0 saturated heterocycles. The second-order valence-corrected chi connectivity index (χ2v) is 5.61. The summed E-state index contributed by atoms with van der Waals surface area (Å²) in [5.74, 6) is 0.440. The molecule has 3 N–H and O–H groups in total. The average Bonchev–Trinajstić information content (AvgIpc) is 2.13. The molecule has 0 spiro atoms. The molecule has 5 nitrogen and oxygen atoms in total. The van der Waals surface area contributed by atoms with E-state index in [2.05, 4.69) is 22.9 Å². The first kappa shape index (κ1) is 14.8. The van der Waals surface area contributed by atoms with Crippen LogP contribution in [0.3, 0.4) is 0 Å². The third-order valence-electron chi connectivity index (χ3n) is 1.90. The predicted molar refractivity (Wildman–Crippen MR) is 74.8 cm³/mol. The van der Waals surface area contributed by atoms with Crippen LogP contribution in [0.2, 0.25) is 0 Å². The SMILES string of the molecule is CC(C)(C)OC(=O)Nc1cc(CC(N)S)ccn1. The Balaban J connectivity index is 2.65. The van der Waals surface area contributed by atoms with Gasteiger partial charge in [0.2, 0.25) is 0 Å². The van der Waals surface area contributed by atoms with Crippen molar-refractivity contribution < 1.29 is 9.53 Å². The van der Waals surface area contributed by atoms with Crippen LogP contribution in [0.5, 0.6) is 0 Å². The van der Waals surface area contributed by atoms with Crippen LogP contribution in [0.4, 0.5) is 10.6 Å². The fourth-order valence-electron chi connectivity index (χ4n) is 1.32. The highest BCUT2D eigenvalue weighted by Gasteiger charge is 2.16. The van der Waals surface area contributed by atoms with E-state index in [1.807, 2.05) is 6.07 Å². The van der Waals surface area contributed by atoms with Crippen LogP contribution in [0.1, 0.15) is 26.3 Å². The lowest BCUT2D eigenvalue weighted by Crippen LogP contribution is -2.27. The molecule has 0 aliphatic carbocycles. The van der Waals surface area contributed by atoms with Crippen LogP contribution in [-0.2, 0) is 11.2 Å². The molecule has 1 atom stereocenters. The maximum absolute atomic E-state index is 11.5. The van der Waals surface area contributed by atoms with Crippen molar-refractivity contribution in [1.29, 1.82) is 0 Å². The van der Waals surface area contributed by atoms with Crippen LogP contribution in [0.15, 0.2) is 18.3 Å². The molecule has 0 bridgehead atoms. The van der Waals surface area contributed by atoms with Gasteiger partial charge >= 0.3 is 6.09 Å². The molecule has 0 saturated carbocycles. The molecule has 0 aliphatic rings. The largest absolute Gasteiger partial charge is 0.444 e. The van der Waals surface area contributed by atoms with Gasteiger partial charge in [0, 0.05) is 6.20 Å². The normalized spacial score (nSPS) is 12.9. The average molecular weight is 269 g/mol. The third-order valence-corrected chi connectivity index (χ3v) is 2.08. The van der Waals surface area contributed by atoms with E-state index in [0.717, 1.165) is 5.56 Å². The van der Waals surface area contributed by atoms with E-state index in [1.165, 1.54) is 0 Å². The summed E-state index contributed by atoms with van der Waals surface area (Å²) in [4.78, 5) is 15.6. The second-order valence-electron chi connectivity index (χ2n) is 4.95. The highest BCUT2D eigenvalue weighted by molar-refractivity contribution is 7.80. The number of ether oxygens (including phenoxy) is 1. The summed E-state index contributed by atoms with van der Waals surface area (Å²) in [5, 5.41) is 2.34. The molecule has 1 heterocycles. The number of nitrogens with two attached hydrogens (primary N) is 1. The molecule has 1 aromatic heterocycles. The zero-order chi connectivity index (χ0) is 13.8.